The van der Waals surface area contributed by atoms with Gasteiger partial charge >= 0.3 is 0 Å². The third kappa shape index (κ3) is 5.21. The van der Waals surface area contributed by atoms with Crippen LogP contribution in [0.4, 0.5) is 0 Å². The fraction of sp³-hybridized carbons (Fsp3) is 0.875. The first-order chi connectivity index (χ1) is 9.91. The fourth-order valence-corrected chi connectivity index (χ4v) is 2.84. The summed E-state index contributed by atoms with van der Waals surface area (Å²) in [5, 5.41) is 6.60. The lowest BCUT2D eigenvalue weighted by molar-refractivity contribution is -0.138. The van der Waals surface area contributed by atoms with E-state index in [4.69, 9.17) is 0 Å². The van der Waals surface area contributed by atoms with Gasteiger partial charge in [0.2, 0.25) is 5.91 Å². The Bertz CT molecular complexity index is 357. The Labute approximate surface area is 129 Å². The maximum absolute atomic E-state index is 12.5. The highest BCUT2D eigenvalue weighted by Crippen LogP contribution is 2.39. The summed E-state index contributed by atoms with van der Waals surface area (Å²) < 4.78 is 0. The van der Waals surface area contributed by atoms with Crippen molar-refractivity contribution in [1.29, 1.82) is 0 Å². The summed E-state index contributed by atoms with van der Waals surface area (Å²) in [7, 11) is 3.68. The van der Waals surface area contributed by atoms with Crippen LogP contribution < -0.4 is 10.6 Å². The number of guanidine groups is 1. The molecule has 122 valence electrons. The average molecular weight is 296 g/mol. The van der Waals surface area contributed by atoms with Gasteiger partial charge < -0.3 is 15.5 Å². The van der Waals surface area contributed by atoms with E-state index in [9.17, 15) is 4.79 Å². The highest BCUT2D eigenvalue weighted by Gasteiger charge is 2.41. The molecule has 0 aliphatic heterocycles. The van der Waals surface area contributed by atoms with E-state index in [1.807, 2.05) is 14.1 Å². The van der Waals surface area contributed by atoms with Crippen molar-refractivity contribution in [2.75, 3.05) is 33.7 Å². The van der Waals surface area contributed by atoms with Gasteiger partial charge in [-0.05, 0) is 25.7 Å². The Kier molecular flexibility index (Phi) is 6.99. The normalized spacial score (nSPS) is 17.9. The molecule has 0 bridgehead atoms. The number of carbonyl (C=O) groups excluding carboxylic acids is 1. The van der Waals surface area contributed by atoms with Crippen LogP contribution in [0.1, 0.15) is 46.5 Å². The lowest BCUT2D eigenvalue weighted by Gasteiger charge is -2.29. The molecule has 0 aromatic rings. The van der Waals surface area contributed by atoms with Gasteiger partial charge in [0.15, 0.2) is 5.96 Å². The first-order valence-electron chi connectivity index (χ1n) is 8.15. The van der Waals surface area contributed by atoms with Gasteiger partial charge in [-0.2, -0.15) is 0 Å². The first kappa shape index (κ1) is 17.8. The van der Waals surface area contributed by atoms with E-state index in [-0.39, 0.29) is 11.3 Å². The summed E-state index contributed by atoms with van der Waals surface area (Å²) in [5.41, 5.74) is -0.288. The molecule has 0 heterocycles. The molecule has 21 heavy (non-hydrogen) atoms. The smallest absolute Gasteiger partial charge is 0.230 e. The molecule has 1 rings (SSSR count). The van der Waals surface area contributed by atoms with E-state index in [0.29, 0.717) is 12.5 Å². The molecule has 0 aromatic carbocycles. The summed E-state index contributed by atoms with van der Waals surface area (Å²) in [6.07, 6.45) is 4.17. The molecule has 0 atom stereocenters. The quantitative estimate of drug-likeness (QED) is 0.581. The Morgan fingerprint density at radius 3 is 2.33 bits per heavy atom. The van der Waals surface area contributed by atoms with E-state index < -0.39 is 0 Å². The van der Waals surface area contributed by atoms with Gasteiger partial charge in [-0.15, -0.1) is 0 Å². The van der Waals surface area contributed by atoms with Crippen LogP contribution in [0.3, 0.4) is 0 Å². The Morgan fingerprint density at radius 1 is 1.24 bits per heavy atom. The van der Waals surface area contributed by atoms with Crippen molar-refractivity contribution in [2.45, 2.75) is 46.5 Å². The molecule has 1 saturated carbocycles. The third-order valence-corrected chi connectivity index (χ3v) is 3.98. The van der Waals surface area contributed by atoms with Crippen LogP contribution in [0.15, 0.2) is 4.99 Å². The van der Waals surface area contributed by atoms with Crippen molar-refractivity contribution in [1.82, 2.24) is 15.5 Å². The summed E-state index contributed by atoms with van der Waals surface area (Å²) in [5.74, 6) is 1.62. The molecular formula is C16H32N4O. The van der Waals surface area contributed by atoms with Crippen molar-refractivity contribution in [2.24, 2.45) is 16.3 Å². The Hall–Kier alpha value is -1.26. The summed E-state index contributed by atoms with van der Waals surface area (Å²) in [4.78, 5) is 18.9. The van der Waals surface area contributed by atoms with E-state index in [2.05, 4.69) is 36.4 Å². The van der Waals surface area contributed by atoms with Crippen LogP contribution in [-0.4, -0.2) is 50.5 Å². The number of rotatable bonds is 6. The SMILES string of the molecule is CCNC(=NCC1(C(=O)N(C)C)CCCC1)NCC(C)C. The van der Waals surface area contributed by atoms with Crippen molar-refractivity contribution in [3.05, 3.63) is 0 Å². The van der Waals surface area contributed by atoms with Crippen molar-refractivity contribution in [3.8, 4) is 0 Å². The lowest BCUT2D eigenvalue weighted by atomic mass is 9.85. The summed E-state index contributed by atoms with van der Waals surface area (Å²) >= 11 is 0. The van der Waals surface area contributed by atoms with Gasteiger partial charge in [-0.3, -0.25) is 9.79 Å². The van der Waals surface area contributed by atoms with Gasteiger partial charge in [-0.1, -0.05) is 26.7 Å². The zero-order valence-electron chi connectivity index (χ0n) is 14.3. The summed E-state index contributed by atoms with van der Waals surface area (Å²) in [6, 6.07) is 0. The molecule has 1 fully saturated rings. The largest absolute Gasteiger partial charge is 0.357 e. The fourth-order valence-electron chi connectivity index (χ4n) is 2.84. The minimum atomic E-state index is -0.288. The monoisotopic (exact) mass is 296 g/mol. The van der Waals surface area contributed by atoms with Crippen LogP contribution in [-0.2, 0) is 4.79 Å². The number of nitrogens with zero attached hydrogens (tertiary/aromatic N) is 2. The molecule has 1 aliphatic carbocycles. The molecule has 0 saturated heterocycles. The molecule has 5 nitrogen and oxygen atoms in total. The van der Waals surface area contributed by atoms with Crippen LogP contribution in [0.2, 0.25) is 0 Å². The molecule has 0 radical (unpaired) electrons. The third-order valence-electron chi connectivity index (χ3n) is 3.98. The predicted octanol–water partition coefficient (Wildman–Crippen LogP) is 1.85. The second-order valence-electron chi connectivity index (χ2n) is 6.66. The van der Waals surface area contributed by atoms with E-state index in [1.54, 1.807) is 4.90 Å². The Morgan fingerprint density at radius 2 is 1.86 bits per heavy atom. The number of aliphatic imine (C=N–C) groups is 1. The molecular weight excluding hydrogens is 264 g/mol. The van der Waals surface area contributed by atoms with Crippen LogP contribution in [0, 0.1) is 11.3 Å². The second-order valence-corrected chi connectivity index (χ2v) is 6.66. The number of carbonyl (C=O) groups is 1. The average Bonchev–Trinajstić information content (AvgIpc) is 2.90. The van der Waals surface area contributed by atoms with Gasteiger partial charge in [0.25, 0.3) is 0 Å². The number of hydrogen-bond acceptors (Lipinski definition) is 2. The van der Waals surface area contributed by atoms with Crippen molar-refractivity contribution >= 4 is 11.9 Å². The number of hydrogen-bond donors (Lipinski definition) is 2. The lowest BCUT2D eigenvalue weighted by Crippen LogP contribution is -2.43. The molecule has 0 unspecified atom stereocenters. The molecule has 2 N–H and O–H groups in total. The van der Waals surface area contributed by atoms with Gasteiger partial charge in [0.05, 0.1) is 12.0 Å². The minimum Gasteiger partial charge on any atom is -0.357 e. The first-order valence-corrected chi connectivity index (χ1v) is 8.15. The van der Waals surface area contributed by atoms with E-state index in [0.717, 1.165) is 44.7 Å². The Balaban J connectivity index is 2.76. The van der Waals surface area contributed by atoms with Gasteiger partial charge in [0.1, 0.15) is 0 Å². The molecule has 0 aromatic heterocycles. The van der Waals surface area contributed by atoms with Crippen LogP contribution in [0.5, 0.6) is 0 Å². The van der Waals surface area contributed by atoms with Gasteiger partial charge in [0, 0.05) is 27.2 Å². The zero-order valence-corrected chi connectivity index (χ0v) is 14.3. The maximum atomic E-state index is 12.5. The van der Waals surface area contributed by atoms with Crippen molar-refractivity contribution < 1.29 is 4.79 Å². The highest BCUT2D eigenvalue weighted by molar-refractivity contribution is 5.84. The van der Waals surface area contributed by atoms with Crippen molar-refractivity contribution in [3.63, 3.8) is 0 Å². The van der Waals surface area contributed by atoms with E-state index in [1.165, 1.54) is 0 Å². The standard InChI is InChI=1S/C16H32N4O/c1-6-17-15(18-11-13(2)3)19-12-16(9-7-8-10-16)14(21)20(4)5/h13H,6-12H2,1-5H3,(H2,17,18,19). The topological polar surface area (TPSA) is 56.7 Å². The number of amides is 1. The van der Waals surface area contributed by atoms with Crippen LogP contribution >= 0.6 is 0 Å². The second kappa shape index (κ2) is 8.25. The molecule has 5 heteroatoms. The molecule has 0 spiro atoms. The van der Waals surface area contributed by atoms with E-state index >= 15 is 0 Å². The molecule has 1 amide bonds. The van der Waals surface area contributed by atoms with Crippen LogP contribution in [0.25, 0.3) is 0 Å². The summed E-state index contributed by atoms with van der Waals surface area (Å²) in [6.45, 7) is 8.70. The van der Waals surface area contributed by atoms with Gasteiger partial charge in [-0.25, -0.2) is 0 Å². The highest BCUT2D eigenvalue weighted by atomic mass is 16.2. The minimum absolute atomic E-state index is 0.225. The molecule has 1 aliphatic rings. The maximum Gasteiger partial charge on any atom is 0.230 e. The predicted molar refractivity (Wildman–Crippen MR) is 88.4 cm³/mol. The number of nitrogens with one attached hydrogen (secondary N) is 2. The zero-order chi connectivity index (χ0) is 15.9.